The van der Waals surface area contributed by atoms with Crippen LogP contribution in [0.1, 0.15) is 26.7 Å². The number of hydrogen-bond donors (Lipinski definition) is 5. The molecule has 0 saturated carbocycles. The van der Waals surface area contributed by atoms with E-state index in [4.69, 9.17) is 10.8 Å². The Morgan fingerprint density at radius 1 is 1.21 bits per heavy atom. The first kappa shape index (κ1) is 17.6. The first-order valence-corrected chi connectivity index (χ1v) is 6.61. The van der Waals surface area contributed by atoms with Gasteiger partial charge in [-0.25, -0.2) is 9.59 Å². The summed E-state index contributed by atoms with van der Waals surface area (Å²) in [5.74, 6) is -1.21. The van der Waals surface area contributed by atoms with E-state index < -0.39 is 30.0 Å². The van der Waals surface area contributed by atoms with E-state index in [1.54, 1.807) is 0 Å². The Kier molecular flexibility index (Phi) is 7.97. The number of aliphatic carboxylic acids is 1. The van der Waals surface area contributed by atoms with Crippen molar-refractivity contribution in [2.45, 2.75) is 38.8 Å². The van der Waals surface area contributed by atoms with Crippen molar-refractivity contribution in [3.8, 4) is 0 Å². The van der Waals surface area contributed by atoms with Gasteiger partial charge < -0.3 is 21.5 Å². The lowest BCUT2D eigenvalue weighted by Gasteiger charge is -2.21. The molecule has 0 heterocycles. The van der Waals surface area contributed by atoms with Crippen molar-refractivity contribution in [1.29, 1.82) is 0 Å². The number of carboxylic acid groups (broad SMARTS) is 1. The molecule has 7 nitrogen and oxygen atoms in total. The molecule has 8 heteroatoms. The van der Waals surface area contributed by atoms with Crippen molar-refractivity contribution in [3.05, 3.63) is 0 Å². The molecule has 0 fully saturated rings. The summed E-state index contributed by atoms with van der Waals surface area (Å²) in [6.45, 7) is 3.76. The summed E-state index contributed by atoms with van der Waals surface area (Å²) in [5, 5.41) is 13.6. The largest absolute Gasteiger partial charge is 0.480 e. The van der Waals surface area contributed by atoms with Gasteiger partial charge in [0.2, 0.25) is 5.91 Å². The summed E-state index contributed by atoms with van der Waals surface area (Å²) < 4.78 is 0. The minimum absolute atomic E-state index is 0.149. The first-order valence-electron chi connectivity index (χ1n) is 5.98. The van der Waals surface area contributed by atoms with Crippen LogP contribution in [-0.2, 0) is 9.59 Å². The summed E-state index contributed by atoms with van der Waals surface area (Å²) in [7, 11) is 0. The van der Waals surface area contributed by atoms with E-state index in [-0.39, 0.29) is 12.3 Å². The molecule has 0 aliphatic carbocycles. The molecule has 2 atom stereocenters. The summed E-state index contributed by atoms with van der Waals surface area (Å²) in [6.07, 6.45) is 0.580. The van der Waals surface area contributed by atoms with Gasteiger partial charge in [0.05, 0.1) is 0 Å². The summed E-state index contributed by atoms with van der Waals surface area (Å²) in [5.41, 5.74) is 5.00. The van der Waals surface area contributed by atoms with Crippen LogP contribution in [0.15, 0.2) is 0 Å². The first-order chi connectivity index (χ1) is 8.77. The van der Waals surface area contributed by atoms with Crippen molar-refractivity contribution in [2.24, 2.45) is 11.7 Å². The smallest absolute Gasteiger partial charge is 0.326 e. The van der Waals surface area contributed by atoms with Crippen LogP contribution >= 0.6 is 12.6 Å². The average molecular weight is 291 g/mol. The van der Waals surface area contributed by atoms with Crippen LogP contribution in [0.5, 0.6) is 0 Å². The third-order valence-electron chi connectivity index (χ3n) is 2.37. The minimum atomic E-state index is -1.13. The third-order valence-corrected chi connectivity index (χ3v) is 2.63. The Labute approximate surface area is 117 Å². The number of urea groups is 1. The van der Waals surface area contributed by atoms with Gasteiger partial charge in [-0.3, -0.25) is 4.79 Å². The second-order valence-corrected chi connectivity index (χ2v) is 5.05. The van der Waals surface area contributed by atoms with Crippen LogP contribution in [0.25, 0.3) is 0 Å². The maximum atomic E-state index is 11.9. The summed E-state index contributed by atoms with van der Waals surface area (Å²) in [4.78, 5) is 33.7. The van der Waals surface area contributed by atoms with Crippen LogP contribution in [0.2, 0.25) is 0 Å². The fraction of sp³-hybridized carbons (Fsp3) is 0.727. The lowest BCUT2D eigenvalue weighted by Crippen LogP contribution is -2.53. The number of carbonyl (C=O) groups is 3. The zero-order valence-electron chi connectivity index (χ0n) is 11.0. The maximum Gasteiger partial charge on any atom is 0.326 e. The normalized spacial score (nSPS) is 13.7. The molecule has 19 heavy (non-hydrogen) atoms. The Morgan fingerprint density at radius 2 is 1.79 bits per heavy atom. The number of primary amides is 1. The molecule has 0 rings (SSSR count). The zero-order valence-corrected chi connectivity index (χ0v) is 11.9. The van der Waals surface area contributed by atoms with Gasteiger partial charge in [0.15, 0.2) is 0 Å². The molecule has 3 amide bonds. The number of nitrogens with two attached hydrogens (primary N) is 1. The van der Waals surface area contributed by atoms with Gasteiger partial charge in [-0.2, -0.15) is 12.6 Å². The standard InChI is InChI=1S/C11H21N3O4S/c1-6(2)5-8(14-11(12)18)9(15)13-7(3-4-19)10(16)17/h6-8,19H,3-5H2,1-2H3,(H,13,15)(H,16,17)(H3,12,14,18). The maximum absolute atomic E-state index is 11.9. The lowest BCUT2D eigenvalue weighted by molar-refractivity contribution is -0.142. The van der Waals surface area contributed by atoms with Gasteiger partial charge in [0, 0.05) is 0 Å². The second kappa shape index (κ2) is 8.63. The third kappa shape index (κ3) is 7.55. The van der Waals surface area contributed by atoms with Crippen molar-refractivity contribution < 1.29 is 19.5 Å². The topological polar surface area (TPSA) is 122 Å². The second-order valence-electron chi connectivity index (χ2n) is 4.60. The fourth-order valence-corrected chi connectivity index (χ4v) is 1.79. The fourth-order valence-electron chi connectivity index (χ4n) is 1.53. The molecule has 0 aromatic rings. The van der Waals surface area contributed by atoms with Gasteiger partial charge in [-0.15, -0.1) is 0 Å². The SMILES string of the molecule is CC(C)CC(NC(N)=O)C(=O)NC(CCS)C(=O)O. The van der Waals surface area contributed by atoms with Crippen LogP contribution in [0.3, 0.4) is 0 Å². The number of hydrogen-bond acceptors (Lipinski definition) is 4. The Balaban J connectivity index is 4.68. The number of carbonyl (C=O) groups excluding carboxylic acids is 2. The van der Waals surface area contributed by atoms with E-state index in [0.29, 0.717) is 12.2 Å². The number of carboxylic acids is 1. The van der Waals surface area contributed by atoms with Crippen LogP contribution in [0, 0.1) is 5.92 Å². The van der Waals surface area contributed by atoms with Crippen LogP contribution in [-0.4, -0.2) is 40.9 Å². The van der Waals surface area contributed by atoms with Crippen LogP contribution in [0.4, 0.5) is 4.79 Å². The summed E-state index contributed by atoms with van der Waals surface area (Å²) in [6, 6.07) is -2.67. The Morgan fingerprint density at radius 3 is 2.16 bits per heavy atom. The van der Waals surface area contributed by atoms with E-state index in [1.807, 2.05) is 13.8 Å². The predicted molar refractivity (Wildman–Crippen MR) is 74.0 cm³/mol. The molecule has 0 aliphatic heterocycles. The molecule has 2 unspecified atom stereocenters. The molecule has 0 bridgehead atoms. The molecule has 0 aromatic carbocycles. The molecule has 0 radical (unpaired) electrons. The highest BCUT2D eigenvalue weighted by molar-refractivity contribution is 7.80. The molecule has 0 spiro atoms. The van der Waals surface area contributed by atoms with Gasteiger partial charge in [0.25, 0.3) is 0 Å². The number of nitrogens with one attached hydrogen (secondary N) is 2. The molecule has 5 N–H and O–H groups in total. The Bertz CT molecular complexity index is 336. The molecular formula is C11H21N3O4S. The average Bonchev–Trinajstić information content (AvgIpc) is 2.25. The number of thiol groups is 1. The van der Waals surface area contributed by atoms with Gasteiger partial charge in [0.1, 0.15) is 12.1 Å². The molecule has 0 aliphatic rings. The molecule has 0 aromatic heterocycles. The van der Waals surface area contributed by atoms with Crippen molar-refractivity contribution in [1.82, 2.24) is 10.6 Å². The van der Waals surface area contributed by atoms with E-state index in [1.165, 1.54) is 0 Å². The minimum Gasteiger partial charge on any atom is -0.480 e. The number of amides is 3. The number of rotatable bonds is 8. The molecule has 0 saturated heterocycles. The van der Waals surface area contributed by atoms with E-state index in [0.717, 1.165) is 0 Å². The highest BCUT2D eigenvalue weighted by Crippen LogP contribution is 2.06. The molecular weight excluding hydrogens is 270 g/mol. The van der Waals surface area contributed by atoms with Crippen molar-refractivity contribution in [3.63, 3.8) is 0 Å². The highest BCUT2D eigenvalue weighted by Gasteiger charge is 2.26. The van der Waals surface area contributed by atoms with Crippen molar-refractivity contribution in [2.75, 3.05) is 5.75 Å². The van der Waals surface area contributed by atoms with Crippen molar-refractivity contribution >= 4 is 30.5 Å². The van der Waals surface area contributed by atoms with Gasteiger partial charge in [-0.1, -0.05) is 13.8 Å². The van der Waals surface area contributed by atoms with E-state index in [2.05, 4.69) is 23.3 Å². The lowest BCUT2D eigenvalue weighted by atomic mass is 10.0. The quantitative estimate of drug-likeness (QED) is 0.403. The zero-order chi connectivity index (χ0) is 15.0. The van der Waals surface area contributed by atoms with Gasteiger partial charge >= 0.3 is 12.0 Å². The van der Waals surface area contributed by atoms with Crippen LogP contribution < -0.4 is 16.4 Å². The van der Waals surface area contributed by atoms with E-state index >= 15 is 0 Å². The predicted octanol–water partition coefficient (Wildman–Crippen LogP) is -0.0413. The monoisotopic (exact) mass is 291 g/mol. The summed E-state index contributed by atoms with van der Waals surface area (Å²) >= 11 is 3.94. The highest BCUT2D eigenvalue weighted by atomic mass is 32.1. The van der Waals surface area contributed by atoms with Gasteiger partial charge in [-0.05, 0) is 24.5 Å². The van der Waals surface area contributed by atoms with E-state index in [9.17, 15) is 14.4 Å². The molecule has 110 valence electrons. The Hall–Kier alpha value is -1.44.